The molecule has 2 rings (SSSR count). The molecule has 0 fully saturated rings. The van der Waals surface area contributed by atoms with E-state index in [1.54, 1.807) is 18.2 Å². The number of nitrogen functional groups attached to an aromatic ring is 1. The first kappa shape index (κ1) is 14.9. The highest BCUT2D eigenvalue weighted by Gasteiger charge is 2.09. The van der Waals surface area contributed by atoms with Gasteiger partial charge < -0.3 is 10.5 Å². The molecule has 0 aliphatic rings. The van der Waals surface area contributed by atoms with Crippen LogP contribution in [0.5, 0.6) is 5.75 Å². The van der Waals surface area contributed by atoms with Gasteiger partial charge in [0.05, 0.1) is 17.3 Å². The van der Waals surface area contributed by atoms with E-state index in [9.17, 15) is 0 Å². The number of anilines is 1. The molecule has 0 amide bonds. The van der Waals surface area contributed by atoms with E-state index < -0.39 is 0 Å². The SMILES string of the molecule is CCC(CC)n1ccc(COc2ccc(N)cc2C#N)n1. The van der Waals surface area contributed by atoms with Crippen LogP contribution in [-0.2, 0) is 6.61 Å². The molecule has 0 unspecified atom stereocenters. The molecular formula is C16H20N4O. The van der Waals surface area contributed by atoms with Gasteiger partial charge in [-0.3, -0.25) is 4.68 Å². The van der Waals surface area contributed by atoms with Crippen molar-refractivity contribution in [3.05, 3.63) is 41.7 Å². The van der Waals surface area contributed by atoms with Gasteiger partial charge in [-0.2, -0.15) is 10.4 Å². The Balaban J connectivity index is 2.06. The van der Waals surface area contributed by atoms with Crippen LogP contribution in [0.1, 0.15) is 44.0 Å². The molecule has 0 radical (unpaired) electrons. The number of nitrogens with two attached hydrogens (primary N) is 1. The number of aromatic nitrogens is 2. The van der Waals surface area contributed by atoms with Crippen LogP contribution >= 0.6 is 0 Å². The van der Waals surface area contributed by atoms with Crippen LogP contribution in [0.4, 0.5) is 5.69 Å². The van der Waals surface area contributed by atoms with E-state index >= 15 is 0 Å². The van der Waals surface area contributed by atoms with E-state index in [1.165, 1.54) is 0 Å². The van der Waals surface area contributed by atoms with E-state index in [0.29, 0.717) is 29.6 Å². The smallest absolute Gasteiger partial charge is 0.137 e. The molecule has 0 aliphatic carbocycles. The van der Waals surface area contributed by atoms with Crippen LogP contribution < -0.4 is 10.5 Å². The molecule has 0 spiro atoms. The minimum Gasteiger partial charge on any atom is -0.486 e. The molecule has 1 aromatic heterocycles. The van der Waals surface area contributed by atoms with Crippen LogP contribution in [0.3, 0.4) is 0 Å². The largest absolute Gasteiger partial charge is 0.486 e. The monoisotopic (exact) mass is 284 g/mol. The normalized spacial score (nSPS) is 10.6. The first-order valence-electron chi connectivity index (χ1n) is 7.14. The number of ether oxygens (including phenoxy) is 1. The maximum absolute atomic E-state index is 9.08. The van der Waals surface area contributed by atoms with Crippen molar-refractivity contribution in [1.82, 2.24) is 9.78 Å². The molecule has 21 heavy (non-hydrogen) atoms. The van der Waals surface area contributed by atoms with Crippen molar-refractivity contribution in [3.8, 4) is 11.8 Å². The van der Waals surface area contributed by atoms with Gasteiger partial charge in [-0.05, 0) is 37.1 Å². The van der Waals surface area contributed by atoms with Crippen LogP contribution in [0.25, 0.3) is 0 Å². The summed E-state index contributed by atoms with van der Waals surface area (Å²) >= 11 is 0. The maximum atomic E-state index is 9.08. The highest BCUT2D eigenvalue weighted by Crippen LogP contribution is 2.21. The lowest BCUT2D eigenvalue weighted by Crippen LogP contribution is -2.08. The molecule has 1 heterocycles. The summed E-state index contributed by atoms with van der Waals surface area (Å²) in [4.78, 5) is 0. The van der Waals surface area contributed by atoms with Crippen molar-refractivity contribution in [3.63, 3.8) is 0 Å². The summed E-state index contributed by atoms with van der Waals surface area (Å²) in [7, 11) is 0. The Morgan fingerprint density at radius 1 is 1.33 bits per heavy atom. The van der Waals surface area contributed by atoms with Crippen LogP contribution in [0.15, 0.2) is 30.5 Å². The average Bonchev–Trinajstić information content (AvgIpc) is 2.96. The summed E-state index contributed by atoms with van der Waals surface area (Å²) in [6.07, 6.45) is 4.08. The third-order valence-electron chi connectivity index (χ3n) is 3.48. The highest BCUT2D eigenvalue weighted by atomic mass is 16.5. The summed E-state index contributed by atoms with van der Waals surface area (Å²) in [6.45, 7) is 4.64. The lowest BCUT2D eigenvalue weighted by molar-refractivity contribution is 0.296. The van der Waals surface area contributed by atoms with Gasteiger partial charge >= 0.3 is 0 Å². The zero-order chi connectivity index (χ0) is 15.2. The molecule has 0 atom stereocenters. The molecular weight excluding hydrogens is 264 g/mol. The first-order chi connectivity index (χ1) is 10.2. The number of nitriles is 1. The van der Waals surface area contributed by atoms with Crippen molar-refractivity contribution >= 4 is 5.69 Å². The Morgan fingerprint density at radius 3 is 2.76 bits per heavy atom. The second-order valence-electron chi connectivity index (χ2n) is 4.91. The van der Waals surface area contributed by atoms with Gasteiger partial charge in [0.2, 0.25) is 0 Å². The van der Waals surface area contributed by atoms with Gasteiger partial charge in [0, 0.05) is 11.9 Å². The fraction of sp³-hybridized carbons (Fsp3) is 0.375. The Labute approximate surface area is 124 Å². The number of benzene rings is 1. The topological polar surface area (TPSA) is 76.9 Å². The minimum atomic E-state index is 0.339. The Morgan fingerprint density at radius 2 is 2.10 bits per heavy atom. The van der Waals surface area contributed by atoms with E-state index in [1.807, 2.05) is 16.9 Å². The Hall–Kier alpha value is -2.48. The summed E-state index contributed by atoms with van der Waals surface area (Å²) in [5, 5.41) is 13.6. The van der Waals surface area contributed by atoms with Crippen molar-refractivity contribution in [2.75, 3.05) is 5.73 Å². The Bertz CT molecular complexity index is 638. The molecule has 2 N–H and O–H groups in total. The van der Waals surface area contributed by atoms with Crippen molar-refractivity contribution < 1.29 is 4.74 Å². The predicted octanol–water partition coefficient (Wildman–Crippen LogP) is 3.28. The molecule has 0 saturated heterocycles. The van der Waals surface area contributed by atoms with Crippen LogP contribution in [0, 0.1) is 11.3 Å². The van der Waals surface area contributed by atoms with Gasteiger partial charge in [0.1, 0.15) is 18.4 Å². The number of hydrogen-bond acceptors (Lipinski definition) is 4. The van der Waals surface area contributed by atoms with E-state index in [-0.39, 0.29) is 0 Å². The second-order valence-corrected chi connectivity index (χ2v) is 4.91. The van der Waals surface area contributed by atoms with Crippen molar-refractivity contribution in [2.24, 2.45) is 0 Å². The predicted molar refractivity (Wildman–Crippen MR) is 81.7 cm³/mol. The molecule has 0 aliphatic heterocycles. The van der Waals surface area contributed by atoms with E-state index in [2.05, 4.69) is 25.0 Å². The molecule has 5 nitrogen and oxygen atoms in total. The summed E-state index contributed by atoms with van der Waals surface area (Å²) in [6, 6.07) is 9.50. The zero-order valence-electron chi connectivity index (χ0n) is 12.4. The molecule has 5 heteroatoms. The van der Waals surface area contributed by atoms with Gasteiger partial charge in [-0.15, -0.1) is 0 Å². The molecule has 0 saturated carbocycles. The fourth-order valence-electron chi connectivity index (χ4n) is 2.23. The lowest BCUT2D eigenvalue weighted by Gasteiger charge is -2.12. The Kier molecular flexibility index (Phi) is 4.83. The zero-order valence-corrected chi connectivity index (χ0v) is 12.4. The van der Waals surface area contributed by atoms with Crippen LogP contribution in [-0.4, -0.2) is 9.78 Å². The first-order valence-corrected chi connectivity index (χ1v) is 7.14. The van der Waals surface area contributed by atoms with Gasteiger partial charge in [-0.1, -0.05) is 13.8 Å². The van der Waals surface area contributed by atoms with Gasteiger partial charge in [0.25, 0.3) is 0 Å². The molecule has 2 aromatic rings. The number of rotatable bonds is 6. The molecule has 0 bridgehead atoms. The number of nitrogens with zero attached hydrogens (tertiary/aromatic N) is 3. The van der Waals surface area contributed by atoms with Crippen LogP contribution in [0.2, 0.25) is 0 Å². The van der Waals surface area contributed by atoms with E-state index in [0.717, 1.165) is 18.5 Å². The van der Waals surface area contributed by atoms with E-state index in [4.69, 9.17) is 15.7 Å². The van der Waals surface area contributed by atoms with Crippen molar-refractivity contribution in [1.29, 1.82) is 5.26 Å². The average molecular weight is 284 g/mol. The minimum absolute atomic E-state index is 0.339. The summed E-state index contributed by atoms with van der Waals surface area (Å²) in [5.74, 6) is 0.531. The standard InChI is InChI=1S/C16H20N4O/c1-3-15(4-2)20-8-7-14(19-20)11-21-16-6-5-13(18)9-12(16)10-17/h5-9,15H,3-4,11,18H2,1-2H3. The number of hydrogen-bond donors (Lipinski definition) is 1. The quantitative estimate of drug-likeness (QED) is 0.826. The lowest BCUT2D eigenvalue weighted by atomic mass is 10.2. The second kappa shape index (κ2) is 6.80. The van der Waals surface area contributed by atoms with Crippen molar-refractivity contribution in [2.45, 2.75) is 39.3 Å². The fourth-order valence-corrected chi connectivity index (χ4v) is 2.23. The third kappa shape index (κ3) is 3.54. The molecule has 110 valence electrons. The summed E-state index contributed by atoms with van der Waals surface area (Å²) in [5.41, 5.74) is 7.50. The maximum Gasteiger partial charge on any atom is 0.137 e. The molecule has 1 aromatic carbocycles. The van der Waals surface area contributed by atoms with Gasteiger partial charge in [-0.25, -0.2) is 0 Å². The summed E-state index contributed by atoms with van der Waals surface area (Å²) < 4.78 is 7.65. The van der Waals surface area contributed by atoms with Gasteiger partial charge in [0.15, 0.2) is 0 Å². The third-order valence-corrected chi connectivity index (χ3v) is 3.48. The highest BCUT2D eigenvalue weighted by molar-refractivity contribution is 5.53.